The number of nitrogens with zero attached hydrogens (tertiary/aromatic N) is 2. The Balaban J connectivity index is 1.43. The van der Waals surface area contributed by atoms with Crippen molar-refractivity contribution in [2.45, 2.75) is 25.3 Å². The van der Waals surface area contributed by atoms with E-state index >= 15 is 0 Å². The summed E-state index contributed by atoms with van der Waals surface area (Å²) in [7, 11) is 0. The van der Waals surface area contributed by atoms with Crippen LogP contribution < -0.4 is 15.2 Å². The molecule has 1 fully saturated rings. The highest BCUT2D eigenvalue weighted by atomic mass is 16.6. The molecule has 3 N–H and O–H groups in total. The summed E-state index contributed by atoms with van der Waals surface area (Å²) in [5.74, 6) is 1.50. The minimum absolute atomic E-state index is 0.305. The topological polar surface area (TPSA) is 93.5 Å². The van der Waals surface area contributed by atoms with E-state index in [0.29, 0.717) is 24.8 Å². The number of nitrogens with one attached hydrogen (secondary N) is 1. The van der Waals surface area contributed by atoms with Crippen LogP contribution in [0.1, 0.15) is 40.5 Å². The van der Waals surface area contributed by atoms with Crippen molar-refractivity contribution in [3.63, 3.8) is 0 Å². The van der Waals surface area contributed by atoms with Crippen LogP contribution in [-0.2, 0) is 6.54 Å². The number of likely N-dealkylation sites (tertiary alicyclic amines) is 1. The number of hydrogen-bond acceptors (Lipinski definition) is 5. The number of ether oxygens (including phenoxy) is 2. The maximum Gasteiger partial charge on any atom is 0.269 e. The van der Waals surface area contributed by atoms with Gasteiger partial charge in [0.25, 0.3) is 5.91 Å². The van der Waals surface area contributed by atoms with Gasteiger partial charge in [-0.3, -0.25) is 14.8 Å². The summed E-state index contributed by atoms with van der Waals surface area (Å²) in [6, 6.07) is 7.93. The Hall–Kier alpha value is -2.54. The van der Waals surface area contributed by atoms with Crippen LogP contribution in [0.2, 0.25) is 0 Å². The Labute approximate surface area is 146 Å². The van der Waals surface area contributed by atoms with E-state index in [1.54, 1.807) is 6.07 Å². The Kier molecular flexibility index (Phi) is 4.31. The number of piperidine rings is 1. The van der Waals surface area contributed by atoms with Gasteiger partial charge in [-0.05, 0) is 43.1 Å². The zero-order valence-electron chi connectivity index (χ0n) is 14.0. The van der Waals surface area contributed by atoms with Gasteiger partial charge in [0.2, 0.25) is 0 Å². The third-order valence-corrected chi connectivity index (χ3v) is 4.81. The number of aromatic amines is 1. The molecule has 1 aromatic carbocycles. The average Bonchev–Trinajstić information content (AvgIpc) is 3.12. The van der Waals surface area contributed by atoms with Crippen molar-refractivity contribution in [1.82, 2.24) is 15.1 Å². The van der Waals surface area contributed by atoms with Gasteiger partial charge in [-0.25, -0.2) is 0 Å². The summed E-state index contributed by atoms with van der Waals surface area (Å²) >= 11 is 0. The molecular formula is C18H22N4O3. The molecule has 4 rings (SSSR count). The number of carbonyl (C=O) groups excluding carboxylic acids is 1. The lowest BCUT2D eigenvalue weighted by Gasteiger charge is -2.32. The van der Waals surface area contributed by atoms with Gasteiger partial charge in [0.1, 0.15) is 18.9 Å². The van der Waals surface area contributed by atoms with E-state index in [0.717, 1.165) is 49.7 Å². The normalized spacial score (nSPS) is 20.4. The number of benzene rings is 1. The Morgan fingerprint density at radius 2 is 2.12 bits per heavy atom. The highest BCUT2D eigenvalue weighted by Gasteiger charge is 2.24. The van der Waals surface area contributed by atoms with Crippen LogP contribution in [-0.4, -0.2) is 47.3 Å². The maximum absolute atomic E-state index is 11.2. The molecule has 0 spiro atoms. The molecule has 1 unspecified atom stereocenters. The standard InChI is InChI=1S/C18H22N4O3/c19-18(23)15-9-14(20-21-15)13-2-1-5-22(11-13)10-12-3-4-16-17(8-12)25-7-6-24-16/h3-4,8-9,13H,1-2,5-7,10-11H2,(H2,19,23)(H,20,21). The molecule has 132 valence electrons. The van der Waals surface area contributed by atoms with Gasteiger partial charge in [0, 0.05) is 24.7 Å². The van der Waals surface area contributed by atoms with Crippen LogP contribution in [0.25, 0.3) is 0 Å². The van der Waals surface area contributed by atoms with Crippen LogP contribution in [0.15, 0.2) is 24.3 Å². The van der Waals surface area contributed by atoms with Crippen molar-refractivity contribution in [3.05, 3.63) is 41.2 Å². The van der Waals surface area contributed by atoms with Crippen LogP contribution in [0, 0.1) is 0 Å². The van der Waals surface area contributed by atoms with Gasteiger partial charge in [0.05, 0.1) is 0 Å². The number of aromatic nitrogens is 2. The zero-order chi connectivity index (χ0) is 17.2. The second-order valence-corrected chi connectivity index (χ2v) is 6.63. The van der Waals surface area contributed by atoms with Gasteiger partial charge in [-0.2, -0.15) is 5.10 Å². The summed E-state index contributed by atoms with van der Waals surface area (Å²) in [6.07, 6.45) is 2.19. The van der Waals surface area contributed by atoms with Gasteiger partial charge >= 0.3 is 0 Å². The molecule has 1 amide bonds. The van der Waals surface area contributed by atoms with Gasteiger partial charge in [-0.15, -0.1) is 0 Å². The summed E-state index contributed by atoms with van der Waals surface area (Å²) in [5, 5.41) is 6.97. The molecule has 3 heterocycles. The summed E-state index contributed by atoms with van der Waals surface area (Å²) in [6.45, 7) is 4.06. The summed E-state index contributed by atoms with van der Waals surface area (Å²) in [4.78, 5) is 13.6. The third-order valence-electron chi connectivity index (χ3n) is 4.81. The van der Waals surface area contributed by atoms with Crippen molar-refractivity contribution in [3.8, 4) is 11.5 Å². The number of hydrogen-bond donors (Lipinski definition) is 2. The minimum Gasteiger partial charge on any atom is -0.486 e. The SMILES string of the molecule is NC(=O)c1cc(C2CCCN(Cc3ccc4c(c3)OCCO4)C2)[nH]n1. The fraction of sp³-hybridized carbons (Fsp3) is 0.444. The number of fused-ring (bicyclic) bond motifs is 1. The lowest BCUT2D eigenvalue weighted by molar-refractivity contribution is 0.0995. The molecule has 2 aliphatic heterocycles. The first-order valence-corrected chi connectivity index (χ1v) is 8.65. The maximum atomic E-state index is 11.2. The fourth-order valence-corrected chi connectivity index (χ4v) is 3.57. The molecule has 7 heteroatoms. The largest absolute Gasteiger partial charge is 0.486 e. The number of nitrogens with two attached hydrogens (primary N) is 1. The first kappa shape index (κ1) is 16.0. The lowest BCUT2D eigenvalue weighted by atomic mass is 9.94. The Morgan fingerprint density at radius 1 is 1.28 bits per heavy atom. The summed E-state index contributed by atoms with van der Waals surface area (Å²) in [5.41, 5.74) is 7.79. The molecule has 1 aromatic heterocycles. The van der Waals surface area contributed by atoms with E-state index < -0.39 is 5.91 Å². The molecule has 0 bridgehead atoms. The van der Waals surface area contributed by atoms with Crippen molar-refractivity contribution in [1.29, 1.82) is 0 Å². The van der Waals surface area contributed by atoms with Crippen molar-refractivity contribution in [2.24, 2.45) is 5.73 Å². The molecule has 7 nitrogen and oxygen atoms in total. The smallest absolute Gasteiger partial charge is 0.269 e. The van der Waals surface area contributed by atoms with Gasteiger partial charge < -0.3 is 15.2 Å². The second-order valence-electron chi connectivity index (χ2n) is 6.63. The van der Waals surface area contributed by atoms with E-state index in [4.69, 9.17) is 15.2 Å². The van der Waals surface area contributed by atoms with E-state index in [9.17, 15) is 4.79 Å². The van der Waals surface area contributed by atoms with Crippen LogP contribution in [0.3, 0.4) is 0 Å². The number of primary amides is 1. The van der Waals surface area contributed by atoms with Crippen molar-refractivity contribution >= 4 is 5.91 Å². The number of rotatable bonds is 4. The van der Waals surface area contributed by atoms with Crippen molar-refractivity contribution < 1.29 is 14.3 Å². The van der Waals surface area contributed by atoms with Crippen LogP contribution in [0.5, 0.6) is 11.5 Å². The molecule has 0 radical (unpaired) electrons. The Morgan fingerprint density at radius 3 is 2.92 bits per heavy atom. The molecule has 2 aromatic rings. The predicted octanol–water partition coefficient (Wildman–Crippen LogP) is 1.66. The fourth-order valence-electron chi connectivity index (χ4n) is 3.57. The lowest BCUT2D eigenvalue weighted by Crippen LogP contribution is -2.34. The number of amides is 1. The van der Waals surface area contributed by atoms with Crippen LogP contribution >= 0.6 is 0 Å². The number of H-pyrrole nitrogens is 1. The van der Waals surface area contributed by atoms with Gasteiger partial charge in [0.15, 0.2) is 11.5 Å². The molecule has 0 saturated carbocycles. The molecule has 1 atom stereocenters. The molecule has 0 aliphatic carbocycles. The van der Waals surface area contributed by atoms with E-state index in [2.05, 4.69) is 27.2 Å². The highest BCUT2D eigenvalue weighted by molar-refractivity contribution is 5.90. The van der Waals surface area contributed by atoms with E-state index in [1.165, 1.54) is 5.56 Å². The monoisotopic (exact) mass is 342 g/mol. The van der Waals surface area contributed by atoms with Crippen LogP contribution in [0.4, 0.5) is 0 Å². The first-order valence-electron chi connectivity index (χ1n) is 8.65. The molecular weight excluding hydrogens is 320 g/mol. The molecule has 2 aliphatic rings. The quantitative estimate of drug-likeness (QED) is 0.881. The van der Waals surface area contributed by atoms with Gasteiger partial charge in [-0.1, -0.05) is 6.07 Å². The predicted molar refractivity (Wildman–Crippen MR) is 91.8 cm³/mol. The van der Waals surface area contributed by atoms with Crippen molar-refractivity contribution in [2.75, 3.05) is 26.3 Å². The first-order chi connectivity index (χ1) is 12.2. The Bertz CT molecular complexity index is 773. The second kappa shape index (κ2) is 6.76. The minimum atomic E-state index is -0.494. The summed E-state index contributed by atoms with van der Waals surface area (Å²) < 4.78 is 11.2. The molecule has 25 heavy (non-hydrogen) atoms. The number of carbonyl (C=O) groups is 1. The zero-order valence-corrected chi connectivity index (χ0v) is 14.0. The van der Waals surface area contributed by atoms with E-state index in [1.807, 2.05) is 6.07 Å². The third kappa shape index (κ3) is 3.46. The highest BCUT2D eigenvalue weighted by Crippen LogP contribution is 2.32. The average molecular weight is 342 g/mol. The van der Waals surface area contributed by atoms with E-state index in [-0.39, 0.29) is 0 Å². The molecule has 1 saturated heterocycles.